The van der Waals surface area contributed by atoms with E-state index in [1.807, 2.05) is 12.1 Å². The van der Waals surface area contributed by atoms with Gasteiger partial charge >= 0.3 is 0 Å². The maximum absolute atomic E-state index is 12.9. The molecule has 27 heavy (non-hydrogen) atoms. The smallest absolute Gasteiger partial charge is 0.271 e. The summed E-state index contributed by atoms with van der Waals surface area (Å²) in [5.41, 5.74) is 3.38. The van der Waals surface area contributed by atoms with Crippen LogP contribution in [0.25, 0.3) is 0 Å². The third kappa shape index (κ3) is 5.34. The molecule has 0 bridgehead atoms. The van der Waals surface area contributed by atoms with Gasteiger partial charge in [-0.15, -0.1) is 10.2 Å². The van der Waals surface area contributed by atoms with Crippen LogP contribution in [0, 0.1) is 5.82 Å². The van der Waals surface area contributed by atoms with Crippen molar-refractivity contribution in [3.63, 3.8) is 0 Å². The minimum Gasteiger partial charge on any atom is -0.350 e. The Morgan fingerprint density at radius 1 is 0.926 bits per heavy atom. The van der Waals surface area contributed by atoms with Crippen molar-refractivity contribution in [1.82, 2.24) is 15.5 Å². The number of halogens is 1. The van der Waals surface area contributed by atoms with Crippen molar-refractivity contribution in [1.29, 1.82) is 0 Å². The van der Waals surface area contributed by atoms with Crippen molar-refractivity contribution in [3.05, 3.63) is 83.3 Å². The molecular formula is C21H21FN4O. The van der Waals surface area contributed by atoms with E-state index in [4.69, 9.17) is 0 Å². The minimum absolute atomic E-state index is 0.251. The Morgan fingerprint density at radius 3 is 2.26 bits per heavy atom. The standard InChI is InChI=1S/C21H21FN4O/c1-2-15-5-9-18(10-6-15)24-20-12-11-19(25-26-20)21(27)23-14-13-16-3-7-17(22)8-4-16/h3-12H,2,13-14H2,1H3,(H,23,27)(H,24,26). The molecule has 0 atom stereocenters. The summed E-state index contributed by atoms with van der Waals surface area (Å²) in [5, 5.41) is 14.0. The molecule has 2 N–H and O–H groups in total. The second kappa shape index (κ2) is 8.89. The van der Waals surface area contributed by atoms with E-state index in [9.17, 15) is 9.18 Å². The number of amides is 1. The molecule has 1 aromatic heterocycles. The van der Waals surface area contributed by atoms with Gasteiger partial charge in [0.05, 0.1) is 0 Å². The molecule has 0 fully saturated rings. The van der Waals surface area contributed by atoms with Gasteiger partial charge in [0.2, 0.25) is 0 Å². The van der Waals surface area contributed by atoms with Crippen LogP contribution in [-0.2, 0) is 12.8 Å². The summed E-state index contributed by atoms with van der Waals surface area (Å²) in [6, 6.07) is 17.6. The Morgan fingerprint density at radius 2 is 1.63 bits per heavy atom. The van der Waals surface area contributed by atoms with Crippen molar-refractivity contribution >= 4 is 17.4 Å². The zero-order chi connectivity index (χ0) is 19.1. The Kier molecular flexibility index (Phi) is 6.10. The first-order valence-electron chi connectivity index (χ1n) is 8.86. The summed E-state index contributed by atoms with van der Waals surface area (Å²) in [4.78, 5) is 12.1. The van der Waals surface area contributed by atoms with Gasteiger partial charge in [-0.25, -0.2) is 4.39 Å². The molecule has 6 heteroatoms. The third-order valence-electron chi connectivity index (χ3n) is 4.14. The Balaban J connectivity index is 1.51. The number of carbonyl (C=O) groups excluding carboxylic acids is 1. The monoisotopic (exact) mass is 364 g/mol. The molecule has 138 valence electrons. The fourth-order valence-corrected chi connectivity index (χ4v) is 2.55. The molecular weight excluding hydrogens is 343 g/mol. The number of carbonyl (C=O) groups is 1. The molecule has 3 aromatic rings. The molecule has 0 saturated carbocycles. The number of rotatable bonds is 7. The second-order valence-corrected chi connectivity index (χ2v) is 6.11. The average molecular weight is 364 g/mol. The van der Waals surface area contributed by atoms with Gasteiger partial charge in [-0.3, -0.25) is 4.79 Å². The Hall–Kier alpha value is -3.28. The van der Waals surface area contributed by atoms with E-state index in [1.165, 1.54) is 17.7 Å². The van der Waals surface area contributed by atoms with E-state index in [2.05, 4.69) is 39.9 Å². The third-order valence-corrected chi connectivity index (χ3v) is 4.14. The summed E-state index contributed by atoms with van der Waals surface area (Å²) < 4.78 is 12.9. The predicted molar refractivity (Wildman–Crippen MR) is 104 cm³/mol. The van der Waals surface area contributed by atoms with Crippen molar-refractivity contribution in [2.75, 3.05) is 11.9 Å². The summed E-state index contributed by atoms with van der Waals surface area (Å²) in [7, 11) is 0. The van der Waals surface area contributed by atoms with Crippen LogP contribution in [-0.4, -0.2) is 22.6 Å². The summed E-state index contributed by atoms with van der Waals surface area (Å²) in [5.74, 6) is 0.0126. The number of aromatic nitrogens is 2. The van der Waals surface area contributed by atoms with Crippen LogP contribution in [0.2, 0.25) is 0 Å². The van der Waals surface area contributed by atoms with Gasteiger partial charge in [0, 0.05) is 12.2 Å². The highest BCUT2D eigenvalue weighted by molar-refractivity contribution is 5.92. The second-order valence-electron chi connectivity index (χ2n) is 6.11. The number of nitrogens with zero attached hydrogens (tertiary/aromatic N) is 2. The fraction of sp³-hybridized carbons (Fsp3) is 0.190. The zero-order valence-corrected chi connectivity index (χ0v) is 15.1. The van der Waals surface area contributed by atoms with E-state index in [0.717, 1.165) is 17.7 Å². The van der Waals surface area contributed by atoms with Crippen LogP contribution in [0.3, 0.4) is 0 Å². The van der Waals surface area contributed by atoms with Crippen molar-refractivity contribution in [3.8, 4) is 0 Å². The number of nitrogens with one attached hydrogen (secondary N) is 2. The van der Waals surface area contributed by atoms with Crippen LogP contribution >= 0.6 is 0 Å². The number of benzene rings is 2. The number of aryl methyl sites for hydroxylation is 1. The van der Waals surface area contributed by atoms with Gasteiger partial charge in [-0.1, -0.05) is 31.2 Å². The molecule has 3 rings (SSSR count). The summed E-state index contributed by atoms with van der Waals surface area (Å²) in [6.45, 7) is 2.55. The van der Waals surface area contributed by atoms with Crippen molar-refractivity contribution in [2.45, 2.75) is 19.8 Å². The lowest BCUT2D eigenvalue weighted by Crippen LogP contribution is -2.26. The molecule has 1 amide bonds. The SMILES string of the molecule is CCc1ccc(Nc2ccc(C(=O)NCCc3ccc(F)cc3)nn2)cc1. The average Bonchev–Trinajstić information content (AvgIpc) is 2.70. The van der Waals surface area contributed by atoms with Crippen molar-refractivity contribution < 1.29 is 9.18 Å². The van der Waals surface area contributed by atoms with Crippen molar-refractivity contribution in [2.24, 2.45) is 0 Å². The molecule has 0 saturated heterocycles. The number of hydrogen-bond acceptors (Lipinski definition) is 4. The lowest BCUT2D eigenvalue weighted by atomic mass is 10.1. The molecule has 0 unspecified atom stereocenters. The van der Waals surface area contributed by atoms with Gasteiger partial charge in [-0.05, 0) is 60.4 Å². The highest BCUT2D eigenvalue weighted by Gasteiger charge is 2.08. The first-order valence-corrected chi connectivity index (χ1v) is 8.86. The van der Waals surface area contributed by atoms with Crippen LogP contribution < -0.4 is 10.6 Å². The predicted octanol–water partition coefficient (Wildman–Crippen LogP) is 3.89. The molecule has 0 radical (unpaired) electrons. The molecule has 0 aliphatic carbocycles. The highest BCUT2D eigenvalue weighted by Crippen LogP contribution is 2.15. The van der Waals surface area contributed by atoms with Gasteiger partial charge in [-0.2, -0.15) is 0 Å². The lowest BCUT2D eigenvalue weighted by molar-refractivity contribution is 0.0948. The van der Waals surface area contributed by atoms with E-state index in [1.54, 1.807) is 24.3 Å². The van der Waals surface area contributed by atoms with Gasteiger partial charge in [0.25, 0.3) is 5.91 Å². The molecule has 0 aliphatic heterocycles. The van der Waals surface area contributed by atoms with Gasteiger partial charge in [0.1, 0.15) is 5.82 Å². The van der Waals surface area contributed by atoms with Crippen LogP contribution in [0.5, 0.6) is 0 Å². The zero-order valence-electron chi connectivity index (χ0n) is 15.1. The number of anilines is 2. The van der Waals surface area contributed by atoms with Gasteiger partial charge < -0.3 is 10.6 Å². The fourth-order valence-electron chi connectivity index (χ4n) is 2.55. The Labute approximate surface area is 157 Å². The van der Waals surface area contributed by atoms with E-state index >= 15 is 0 Å². The minimum atomic E-state index is -0.288. The maximum Gasteiger partial charge on any atom is 0.271 e. The van der Waals surface area contributed by atoms with E-state index in [-0.39, 0.29) is 17.4 Å². The lowest BCUT2D eigenvalue weighted by Gasteiger charge is -2.07. The van der Waals surface area contributed by atoms with Crippen LogP contribution in [0.1, 0.15) is 28.5 Å². The topological polar surface area (TPSA) is 66.9 Å². The summed E-state index contributed by atoms with van der Waals surface area (Å²) >= 11 is 0. The van der Waals surface area contributed by atoms with Gasteiger partial charge in [0.15, 0.2) is 11.5 Å². The van der Waals surface area contributed by atoms with Crippen LogP contribution in [0.4, 0.5) is 15.9 Å². The van der Waals surface area contributed by atoms with E-state index < -0.39 is 0 Å². The quantitative estimate of drug-likeness (QED) is 0.667. The summed E-state index contributed by atoms with van der Waals surface area (Å²) in [6.07, 6.45) is 1.61. The largest absolute Gasteiger partial charge is 0.350 e. The molecule has 0 spiro atoms. The highest BCUT2D eigenvalue weighted by atomic mass is 19.1. The van der Waals surface area contributed by atoms with Crippen LogP contribution in [0.15, 0.2) is 60.7 Å². The number of hydrogen-bond donors (Lipinski definition) is 2. The van der Waals surface area contributed by atoms with E-state index in [0.29, 0.717) is 18.8 Å². The Bertz CT molecular complexity index is 878. The first kappa shape index (κ1) is 18.5. The molecule has 1 heterocycles. The normalized spacial score (nSPS) is 10.4. The molecule has 2 aromatic carbocycles. The first-order chi connectivity index (χ1) is 13.1. The molecule has 0 aliphatic rings. The molecule has 5 nitrogen and oxygen atoms in total. The maximum atomic E-state index is 12.9.